The molecule has 0 saturated carbocycles. The smallest absolute Gasteiger partial charge is 0.265 e. The van der Waals surface area contributed by atoms with Crippen LogP contribution >= 0.6 is 34.5 Å². The van der Waals surface area contributed by atoms with Gasteiger partial charge in [-0.2, -0.15) is 5.10 Å². The van der Waals surface area contributed by atoms with Crippen LogP contribution in [0.25, 0.3) is 10.2 Å². The zero-order valence-corrected chi connectivity index (χ0v) is 19.6. The van der Waals surface area contributed by atoms with Gasteiger partial charge in [0, 0.05) is 16.4 Å². The molecule has 1 heterocycles. The number of amides is 1. The molecule has 1 atom stereocenters. The van der Waals surface area contributed by atoms with E-state index in [2.05, 4.69) is 20.8 Å². The van der Waals surface area contributed by atoms with Gasteiger partial charge in [0.1, 0.15) is 5.75 Å². The van der Waals surface area contributed by atoms with Crippen LogP contribution in [0.3, 0.4) is 0 Å². The van der Waals surface area contributed by atoms with Gasteiger partial charge < -0.3 is 10.1 Å². The highest BCUT2D eigenvalue weighted by atomic mass is 35.5. The molecular weight excluding hydrogens is 443 g/mol. The Morgan fingerprint density at radius 1 is 1.23 bits per heavy atom. The molecule has 6 nitrogen and oxygen atoms in total. The number of carbonyl (C=O) groups is 1. The van der Waals surface area contributed by atoms with Gasteiger partial charge in [-0.15, -0.1) is 0 Å². The first kappa shape index (κ1) is 22.3. The lowest BCUT2D eigenvalue weighted by atomic mass is 10.1. The number of halogens is 2. The first-order chi connectivity index (χ1) is 14.2. The number of benzene rings is 2. The van der Waals surface area contributed by atoms with Crippen LogP contribution in [0, 0.1) is 13.8 Å². The number of fused-ring (bicyclic) bond motifs is 1. The largest absolute Gasteiger partial charge is 0.479 e. The predicted molar refractivity (Wildman–Crippen MR) is 127 cm³/mol. The van der Waals surface area contributed by atoms with E-state index in [0.29, 0.717) is 20.9 Å². The molecule has 30 heavy (non-hydrogen) atoms. The van der Waals surface area contributed by atoms with Crippen molar-refractivity contribution < 1.29 is 9.53 Å². The first-order valence-corrected chi connectivity index (χ1v) is 10.8. The Hall–Kier alpha value is -2.35. The second-order valence-corrected chi connectivity index (χ2v) is 8.90. The monoisotopic (exact) mass is 464 g/mol. The standard InChI is InChI=1S/C21H22Cl2N4O2S/c1-10(2)26-27-21-24-16-8-11(3)18(12(4)19(16)30-21)25-20(28)13(5)29-17-7-6-14(22)9-15(17)23/h6-9,13H,1-5H3,(H,24,27)(H,25,28)/t13-/m0/s1. The van der Waals surface area contributed by atoms with Crippen LogP contribution in [0.4, 0.5) is 10.8 Å². The number of thiazole rings is 1. The maximum Gasteiger partial charge on any atom is 0.265 e. The summed E-state index contributed by atoms with van der Waals surface area (Å²) in [5, 5.41) is 8.73. The van der Waals surface area contributed by atoms with E-state index in [0.717, 1.165) is 32.7 Å². The van der Waals surface area contributed by atoms with Gasteiger partial charge in [0.15, 0.2) is 6.10 Å². The third-order valence-corrected chi connectivity index (χ3v) is 5.93. The summed E-state index contributed by atoms with van der Waals surface area (Å²) >= 11 is 13.5. The summed E-state index contributed by atoms with van der Waals surface area (Å²) in [4.78, 5) is 17.3. The number of hydrogen-bond acceptors (Lipinski definition) is 6. The maximum absolute atomic E-state index is 12.8. The van der Waals surface area contributed by atoms with Gasteiger partial charge in [-0.1, -0.05) is 34.5 Å². The molecule has 3 rings (SSSR count). The number of anilines is 2. The van der Waals surface area contributed by atoms with E-state index in [4.69, 9.17) is 27.9 Å². The summed E-state index contributed by atoms with van der Waals surface area (Å²) in [5.41, 5.74) is 7.33. The van der Waals surface area contributed by atoms with Gasteiger partial charge in [-0.25, -0.2) is 4.98 Å². The quantitative estimate of drug-likeness (QED) is 0.325. The van der Waals surface area contributed by atoms with Crippen LogP contribution in [0.2, 0.25) is 10.0 Å². The summed E-state index contributed by atoms with van der Waals surface area (Å²) < 4.78 is 6.71. The van der Waals surface area contributed by atoms with Crippen molar-refractivity contribution in [2.24, 2.45) is 5.10 Å². The van der Waals surface area contributed by atoms with Crippen LogP contribution < -0.4 is 15.5 Å². The Bertz CT molecular complexity index is 1140. The molecule has 0 unspecified atom stereocenters. The normalized spacial score (nSPS) is 11.8. The molecule has 9 heteroatoms. The van der Waals surface area contributed by atoms with Crippen molar-refractivity contribution in [3.8, 4) is 5.75 Å². The van der Waals surface area contributed by atoms with E-state index in [-0.39, 0.29) is 5.91 Å². The number of nitrogens with one attached hydrogen (secondary N) is 2. The second-order valence-electron chi connectivity index (χ2n) is 7.06. The Morgan fingerprint density at radius 3 is 2.63 bits per heavy atom. The fourth-order valence-corrected chi connectivity index (χ4v) is 4.17. The highest BCUT2D eigenvalue weighted by molar-refractivity contribution is 7.22. The van der Waals surface area contributed by atoms with Crippen LogP contribution in [0.15, 0.2) is 29.4 Å². The van der Waals surface area contributed by atoms with E-state index < -0.39 is 6.10 Å². The fourth-order valence-electron chi connectivity index (χ4n) is 2.82. The lowest BCUT2D eigenvalue weighted by Crippen LogP contribution is -2.30. The lowest BCUT2D eigenvalue weighted by Gasteiger charge is -2.18. The van der Waals surface area contributed by atoms with Crippen molar-refractivity contribution >= 4 is 67.2 Å². The average molecular weight is 465 g/mol. The van der Waals surface area contributed by atoms with Crippen molar-refractivity contribution in [2.75, 3.05) is 10.7 Å². The molecule has 2 aromatic carbocycles. The van der Waals surface area contributed by atoms with E-state index in [1.807, 2.05) is 33.8 Å². The van der Waals surface area contributed by atoms with Crippen LogP contribution in [-0.4, -0.2) is 22.7 Å². The molecule has 158 valence electrons. The molecule has 0 radical (unpaired) electrons. The van der Waals surface area contributed by atoms with Crippen molar-refractivity contribution in [1.82, 2.24) is 4.98 Å². The summed E-state index contributed by atoms with van der Waals surface area (Å²) in [6.07, 6.45) is -0.751. The van der Waals surface area contributed by atoms with Crippen LogP contribution in [0.1, 0.15) is 31.9 Å². The molecule has 3 aromatic rings. The molecule has 2 N–H and O–H groups in total. The summed E-state index contributed by atoms with van der Waals surface area (Å²) in [6, 6.07) is 6.83. The van der Waals surface area contributed by atoms with Gasteiger partial charge in [0.2, 0.25) is 5.13 Å². The van der Waals surface area contributed by atoms with Crippen molar-refractivity contribution in [3.63, 3.8) is 0 Å². The minimum absolute atomic E-state index is 0.277. The molecule has 1 aromatic heterocycles. The Morgan fingerprint density at radius 2 is 1.97 bits per heavy atom. The van der Waals surface area contributed by atoms with E-state index in [1.165, 1.54) is 11.3 Å². The number of hydrazone groups is 1. The number of aryl methyl sites for hydroxylation is 2. The molecular formula is C21H22Cl2N4O2S. The van der Waals surface area contributed by atoms with Crippen molar-refractivity contribution in [1.29, 1.82) is 0 Å². The highest BCUT2D eigenvalue weighted by Gasteiger charge is 2.20. The third-order valence-electron chi connectivity index (χ3n) is 4.31. The third kappa shape index (κ3) is 5.03. The summed E-state index contributed by atoms with van der Waals surface area (Å²) in [5.74, 6) is 0.123. The number of hydrogen-bond donors (Lipinski definition) is 2. The fraction of sp³-hybridized carbons (Fsp3) is 0.286. The van der Waals surface area contributed by atoms with E-state index in [9.17, 15) is 4.79 Å². The molecule has 0 aliphatic carbocycles. The van der Waals surface area contributed by atoms with Crippen molar-refractivity contribution in [2.45, 2.75) is 40.7 Å². The summed E-state index contributed by atoms with van der Waals surface area (Å²) in [7, 11) is 0. The molecule has 0 spiro atoms. The molecule has 0 saturated heterocycles. The van der Waals surface area contributed by atoms with Gasteiger partial charge >= 0.3 is 0 Å². The highest BCUT2D eigenvalue weighted by Crippen LogP contribution is 2.35. The number of ether oxygens (including phenoxy) is 1. The second kappa shape index (κ2) is 9.20. The van der Waals surface area contributed by atoms with Crippen LogP contribution in [-0.2, 0) is 4.79 Å². The average Bonchev–Trinajstić information content (AvgIpc) is 3.08. The Kier molecular flexibility index (Phi) is 6.85. The first-order valence-electron chi connectivity index (χ1n) is 9.26. The number of carbonyl (C=O) groups excluding carboxylic acids is 1. The molecule has 0 bridgehead atoms. The molecule has 0 aliphatic rings. The number of aromatic nitrogens is 1. The van der Waals surface area contributed by atoms with Crippen molar-refractivity contribution in [3.05, 3.63) is 45.4 Å². The topological polar surface area (TPSA) is 75.6 Å². The van der Waals surface area contributed by atoms with E-state index >= 15 is 0 Å². The SMILES string of the molecule is CC(C)=NNc1nc2cc(C)c(NC(=O)[C@H](C)Oc3ccc(Cl)cc3Cl)c(C)c2s1. The van der Waals surface area contributed by atoms with Gasteiger partial charge in [0.05, 0.1) is 15.2 Å². The van der Waals surface area contributed by atoms with Gasteiger partial charge in [0.25, 0.3) is 5.91 Å². The molecule has 0 aliphatic heterocycles. The summed E-state index contributed by atoms with van der Waals surface area (Å²) in [6.45, 7) is 9.38. The van der Waals surface area contributed by atoms with Crippen LogP contribution in [0.5, 0.6) is 5.75 Å². The zero-order chi connectivity index (χ0) is 22.0. The van der Waals surface area contributed by atoms with Gasteiger partial charge in [-0.3, -0.25) is 10.2 Å². The maximum atomic E-state index is 12.8. The molecule has 0 fully saturated rings. The predicted octanol–water partition coefficient (Wildman–Crippen LogP) is 6.43. The number of nitrogens with zero attached hydrogens (tertiary/aromatic N) is 2. The Balaban J connectivity index is 1.81. The Labute approximate surface area is 189 Å². The minimum Gasteiger partial charge on any atom is -0.479 e. The lowest BCUT2D eigenvalue weighted by molar-refractivity contribution is -0.122. The van der Waals surface area contributed by atoms with Gasteiger partial charge in [-0.05, 0) is 70.0 Å². The molecule has 1 amide bonds. The zero-order valence-electron chi connectivity index (χ0n) is 17.3. The number of rotatable bonds is 6. The van der Waals surface area contributed by atoms with E-state index in [1.54, 1.807) is 25.1 Å². The minimum atomic E-state index is -0.751.